The Balaban J connectivity index is 2.48. The second kappa shape index (κ2) is 5.97. The Kier molecular flexibility index (Phi) is 4.53. The Morgan fingerprint density at radius 1 is 0.947 bits per heavy atom. The van der Waals surface area contributed by atoms with E-state index in [9.17, 15) is 0 Å². The average Bonchev–Trinajstić information content (AvgIpc) is 2.83. The number of thiophene rings is 1. The van der Waals surface area contributed by atoms with Crippen LogP contribution < -0.4 is 9.47 Å². The van der Waals surface area contributed by atoms with Gasteiger partial charge in [0.25, 0.3) is 0 Å². The first-order chi connectivity index (χ1) is 9.08. The van der Waals surface area contributed by atoms with Crippen LogP contribution in [0.15, 0.2) is 22.9 Å². The fourth-order valence-electron chi connectivity index (χ4n) is 2.07. The highest BCUT2D eigenvalue weighted by atomic mass is 79.9. The number of hydrogen-bond acceptors (Lipinski definition) is 3. The molecule has 0 saturated carbocycles. The first-order valence-electron chi connectivity index (χ1n) is 5.97. The van der Waals surface area contributed by atoms with E-state index in [1.165, 1.54) is 22.3 Å². The van der Waals surface area contributed by atoms with Crippen molar-refractivity contribution < 1.29 is 9.47 Å². The zero-order valence-electron chi connectivity index (χ0n) is 11.5. The van der Waals surface area contributed by atoms with Crippen molar-refractivity contribution >= 4 is 27.3 Å². The van der Waals surface area contributed by atoms with Crippen molar-refractivity contribution in [3.05, 3.63) is 45.1 Å². The zero-order valence-corrected chi connectivity index (χ0v) is 13.9. The van der Waals surface area contributed by atoms with Gasteiger partial charge in [-0.2, -0.15) is 11.3 Å². The summed E-state index contributed by atoms with van der Waals surface area (Å²) < 4.78 is 10.7. The Morgan fingerprint density at radius 3 is 2.11 bits per heavy atom. The third kappa shape index (κ3) is 2.79. The Bertz CT molecular complexity index is 578. The molecule has 0 spiro atoms. The molecular formula is C15H17BrO2S. The number of benzene rings is 1. The van der Waals surface area contributed by atoms with Crippen molar-refractivity contribution in [1.29, 1.82) is 0 Å². The van der Waals surface area contributed by atoms with Gasteiger partial charge in [-0.3, -0.25) is 0 Å². The number of alkyl halides is 1. The molecule has 0 aliphatic rings. The summed E-state index contributed by atoms with van der Waals surface area (Å²) in [5.41, 5.74) is 5.01. The fourth-order valence-corrected chi connectivity index (χ4v) is 4.11. The van der Waals surface area contributed by atoms with Gasteiger partial charge in [-0.25, -0.2) is 0 Å². The number of halogens is 1. The van der Waals surface area contributed by atoms with E-state index in [1.54, 1.807) is 25.6 Å². The SMILES string of the molecule is COc1cc(C)c(C(Br)c2cscc2C)cc1OC. The van der Waals surface area contributed by atoms with Gasteiger partial charge in [-0.1, -0.05) is 15.9 Å². The van der Waals surface area contributed by atoms with Crippen LogP contribution in [-0.4, -0.2) is 14.2 Å². The maximum Gasteiger partial charge on any atom is 0.161 e. The molecule has 1 unspecified atom stereocenters. The summed E-state index contributed by atoms with van der Waals surface area (Å²) in [6.07, 6.45) is 0. The Labute approximate surface area is 126 Å². The summed E-state index contributed by atoms with van der Waals surface area (Å²) in [6, 6.07) is 4.06. The largest absolute Gasteiger partial charge is 0.493 e. The van der Waals surface area contributed by atoms with Crippen LogP contribution in [0.4, 0.5) is 0 Å². The van der Waals surface area contributed by atoms with E-state index >= 15 is 0 Å². The Hall–Kier alpha value is -1.00. The van der Waals surface area contributed by atoms with Gasteiger partial charge in [0.2, 0.25) is 0 Å². The molecule has 1 atom stereocenters. The van der Waals surface area contributed by atoms with Gasteiger partial charge in [0, 0.05) is 0 Å². The molecule has 19 heavy (non-hydrogen) atoms. The van der Waals surface area contributed by atoms with Gasteiger partial charge in [-0.05, 0) is 59.0 Å². The number of rotatable bonds is 4. The topological polar surface area (TPSA) is 18.5 Å². The van der Waals surface area contributed by atoms with Gasteiger partial charge in [0.05, 0.1) is 19.0 Å². The standard InChI is InChI=1S/C15H17BrO2S/c1-9-5-13(17-3)14(18-4)6-11(9)15(16)12-8-19-7-10(12)2/h5-8,15H,1-4H3. The molecule has 1 aromatic heterocycles. The molecule has 0 N–H and O–H groups in total. The third-order valence-electron chi connectivity index (χ3n) is 3.21. The van der Waals surface area contributed by atoms with Crippen molar-refractivity contribution in [2.24, 2.45) is 0 Å². The quantitative estimate of drug-likeness (QED) is 0.739. The van der Waals surface area contributed by atoms with Crippen molar-refractivity contribution in [3.63, 3.8) is 0 Å². The number of aryl methyl sites for hydroxylation is 2. The van der Waals surface area contributed by atoms with Gasteiger partial charge >= 0.3 is 0 Å². The van der Waals surface area contributed by atoms with Crippen LogP contribution in [0.1, 0.15) is 27.1 Å². The highest BCUT2D eigenvalue weighted by Gasteiger charge is 2.18. The predicted octanol–water partition coefficient (Wildman–Crippen LogP) is 4.87. The zero-order chi connectivity index (χ0) is 14.0. The molecule has 0 saturated heterocycles. The van der Waals surface area contributed by atoms with E-state index in [0.717, 1.165) is 11.5 Å². The maximum absolute atomic E-state index is 5.39. The van der Waals surface area contributed by atoms with Crippen LogP contribution in [0.25, 0.3) is 0 Å². The number of methoxy groups -OCH3 is 2. The molecule has 2 rings (SSSR count). The van der Waals surface area contributed by atoms with Gasteiger partial charge in [0.1, 0.15) is 0 Å². The summed E-state index contributed by atoms with van der Waals surface area (Å²) in [5, 5.41) is 4.35. The van der Waals surface area contributed by atoms with Crippen LogP contribution in [-0.2, 0) is 0 Å². The van der Waals surface area contributed by atoms with Crippen LogP contribution in [0.2, 0.25) is 0 Å². The smallest absolute Gasteiger partial charge is 0.161 e. The second-order valence-electron chi connectivity index (χ2n) is 4.44. The summed E-state index contributed by atoms with van der Waals surface area (Å²) in [6.45, 7) is 4.23. The van der Waals surface area contributed by atoms with Crippen LogP contribution in [0.3, 0.4) is 0 Å². The summed E-state index contributed by atoms with van der Waals surface area (Å²) >= 11 is 5.52. The van der Waals surface area contributed by atoms with Crippen LogP contribution >= 0.6 is 27.3 Å². The third-order valence-corrected chi connectivity index (χ3v) is 5.08. The minimum Gasteiger partial charge on any atom is -0.493 e. The Morgan fingerprint density at radius 2 is 1.58 bits per heavy atom. The highest BCUT2D eigenvalue weighted by molar-refractivity contribution is 9.09. The first kappa shape index (κ1) is 14.4. The van der Waals surface area contributed by atoms with Crippen LogP contribution in [0, 0.1) is 13.8 Å². The number of hydrogen-bond donors (Lipinski definition) is 0. The van der Waals surface area contributed by atoms with E-state index in [-0.39, 0.29) is 4.83 Å². The van der Waals surface area contributed by atoms with Gasteiger partial charge < -0.3 is 9.47 Å². The molecule has 0 fully saturated rings. The van der Waals surface area contributed by atoms with Crippen molar-refractivity contribution in [1.82, 2.24) is 0 Å². The molecule has 1 aromatic carbocycles. The lowest BCUT2D eigenvalue weighted by molar-refractivity contribution is 0.354. The predicted molar refractivity (Wildman–Crippen MR) is 84.1 cm³/mol. The van der Waals surface area contributed by atoms with E-state index in [4.69, 9.17) is 9.47 Å². The summed E-state index contributed by atoms with van der Waals surface area (Å²) in [5.74, 6) is 1.53. The van der Waals surface area contributed by atoms with Crippen LogP contribution in [0.5, 0.6) is 11.5 Å². The molecule has 0 aliphatic carbocycles. The molecule has 4 heteroatoms. The monoisotopic (exact) mass is 340 g/mol. The minimum atomic E-state index is 0.179. The van der Waals surface area contributed by atoms with Crippen molar-refractivity contribution in [3.8, 4) is 11.5 Å². The molecule has 0 amide bonds. The summed E-state index contributed by atoms with van der Waals surface area (Å²) in [7, 11) is 3.32. The minimum absolute atomic E-state index is 0.179. The summed E-state index contributed by atoms with van der Waals surface area (Å²) in [4.78, 5) is 0.179. The molecule has 1 heterocycles. The molecule has 102 valence electrons. The van der Waals surface area contributed by atoms with Gasteiger partial charge in [-0.15, -0.1) is 0 Å². The maximum atomic E-state index is 5.39. The molecular weight excluding hydrogens is 324 g/mol. The molecule has 0 bridgehead atoms. The molecule has 2 aromatic rings. The van der Waals surface area contributed by atoms with Crippen molar-refractivity contribution in [2.45, 2.75) is 18.7 Å². The van der Waals surface area contributed by atoms with E-state index in [0.29, 0.717) is 0 Å². The second-order valence-corrected chi connectivity index (χ2v) is 6.10. The normalized spacial score (nSPS) is 12.3. The molecule has 0 aliphatic heterocycles. The average molecular weight is 341 g/mol. The molecule has 2 nitrogen and oxygen atoms in total. The lowest BCUT2D eigenvalue weighted by Gasteiger charge is -2.17. The van der Waals surface area contributed by atoms with Gasteiger partial charge in [0.15, 0.2) is 11.5 Å². The molecule has 0 radical (unpaired) electrons. The first-order valence-corrected chi connectivity index (χ1v) is 7.83. The lowest BCUT2D eigenvalue weighted by Crippen LogP contribution is -1.99. The van der Waals surface area contributed by atoms with E-state index in [2.05, 4.69) is 40.5 Å². The van der Waals surface area contributed by atoms with Crippen molar-refractivity contribution in [2.75, 3.05) is 14.2 Å². The number of ether oxygens (including phenoxy) is 2. The van der Waals surface area contributed by atoms with E-state index < -0.39 is 0 Å². The van der Waals surface area contributed by atoms with E-state index in [1.807, 2.05) is 12.1 Å². The highest BCUT2D eigenvalue weighted by Crippen LogP contribution is 2.40. The lowest BCUT2D eigenvalue weighted by atomic mass is 9.99. The fraction of sp³-hybridized carbons (Fsp3) is 0.333.